The molecule has 0 saturated heterocycles. The van der Waals surface area contributed by atoms with E-state index in [-0.39, 0.29) is 5.91 Å². The fraction of sp³-hybridized carbons (Fsp3) is 0.909. The summed E-state index contributed by atoms with van der Waals surface area (Å²) in [7, 11) is 0. The monoisotopic (exact) mass is 239 g/mol. The van der Waals surface area contributed by atoms with E-state index in [1.165, 1.54) is 6.42 Å². The van der Waals surface area contributed by atoms with Gasteiger partial charge in [-0.2, -0.15) is 0 Å². The molecule has 0 aromatic rings. The summed E-state index contributed by atoms with van der Waals surface area (Å²) >= 11 is 0. The molecule has 0 bridgehead atoms. The van der Waals surface area contributed by atoms with Gasteiger partial charge in [0.25, 0.3) is 0 Å². The third kappa shape index (κ3) is 3.61. The molecular formula is C11H21N5O. The van der Waals surface area contributed by atoms with Crippen LogP contribution in [0.15, 0.2) is 5.11 Å². The number of azide groups is 1. The van der Waals surface area contributed by atoms with E-state index >= 15 is 0 Å². The van der Waals surface area contributed by atoms with Crippen molar-refractivity contribution in [2.24, 2.45) is 16.8 Å². The Morgan fingerprint density at radius 1 is 1.53 bits per heavy atom. The summed E-state index contributed by atoms with van der Waals surface area (Å²) in [5.74, 6) is -0.0230. The molecule has 1 saturated carbocycles. The standard InChI is InChI=1S/C11H21N5O/c1-11(10(12)17,14-7-8-15-16-13)9-5-3-2-4-6-9/h9,14H,2-8H2,1H3,(H2,12,17). The predicted octanol–water partition coefficient (Wildman–Crippen LogP) is 1.71. The molecule has 1 atom stereocenters. The third-order valence-electron chi connectivity index (χ3n) is 3.70. The molecule has 1 aliphatic rings. The van der Waals surface area contributed by atoms with Gasteiger partial charge in [0.2, 0.25) is 5.91 Å². The van der Waals surface area contributed by atoms with Crippen LogP contribution >= 0.6 is 0 Å². The molecule has 6 nitrogen and oxygen atoms in total. The molecule has 0 aliphatic heterocycles. The summed E-state index contributed by atoms with van der Waals surface area (Å²) in [4.78, 5) is 14.3. The maximum atomic E-state index is 11.6. The van der Waals surface area contributed by atoms with Crippen LogP contribution in [0, 0.1) is 5.92 Å². The van der Waals surface area contributed by atoms with Gasteiger partial charge in [-0.1, -0.05) is 24.4 Å². The average Bonchev–Trinajstić information content (AvgIpc) is 2.35. The van der Waals surface area contributed by atoms with Crippen molar-refractivity contribution >= 4 is 5.91 Å². The Bertz CT molecular complexity index is 307. The van der Waals surface area contributed by atoms with E-state index in [2.05, 4.69) is 15.3 Å². The van der Waals surface area contributed by atoms with Crippen molar-refractivity contribution < 1.29 is 4.79 Å². The van der Waals surface area contributed by atoms with Crippen molar-refractivity contribution in [2.75, 3.05) is 13.1 Å². The van der Waals surface area contributed by atoms with E-state index in [0.717, 1.165) is 25.7 Å². The fourth-order valence-corrected chi connectivity index (χ4v) is 2.52. The van der Waals surface area contributed by atoms with Crippen LogP contribution in [0.25, 0.3) is 10.4 Å². The van der Waals surface area contributed by atoms with Crippen molar-refractivity contribution in [1.29, 1.82) is 0 Å². The van der Waals surface area contributed by atoms with Gasteiger partial charge in [0.1, 0.15) is 0 Å². The highest BCUT2D eigenvalue weighted by atomic mass is 16.1. The molecule has 96 valence electrons. The first-order valence-electron chi connectivity index (χ1n) is 6.17. The van der Waals surface area contributed by atoms with Crippen LogP contribution in [0.5, 0.6) is 0 Å². The van der Waals surface area contributed by atoms with Crippen molar-refractivity contribution in [1.82, 2.24) is 5.32 Å². The van der Waals surface area contributed by atoms with Gasteiger partial charge in [-0.25, -0.2) is 0 Å². The molecular weight excluding hydrogens is 218 g/mol. The van der Waals surface area contributed by atoms with Crippen molar-refractivity contribution in [3.63, 3.8) is 0 Å². The number of nitrogens with two attached hydrogens (primary N) is 1. The van der Waals surface area contributed by atoms with Gasteiger partial charge < -0.3 is 11.1 Å². The second-order valence-electron chi connectivity index (χ2n) is 4.78. The molecule has 0 aromatic heterocycles. The highest BCUT2D eigenvalue weighted by Gasteiger charge is 2.39. The number of primary amides is 1. The maximum Gasteiger partial charge on any atom is 0.237 e. The molecule has 1 fully saturated rings. The molecule has 0 heterocycles. The van der Waals surface area contributed by atoms with Crippen LogP contribution in [-0.2, 0) is 4.79 Å². The van der Waals surface area contributed by atoms with Crippen LogP contribution < -0.4 is 11.1 Å². The Morgan fingerprint density at radius 2 is 2.18 bits per heavy atom. The second kappa shape index (κ2) is 6.47. The first-order valence-corrected chi connectivity index (χ1v) is 6.17. The van der Waals surface area contributed by atoms with E-state index in [0.29, 0.717) is 19.0 Å². The molecule has 6 heteroatoms. The maximum absolute atomic E-state index is 11.6. The number of nitrogens with zero attached hydrogens (tertiary/aromatic N) is 3. The molecule has 1 rings (SSSR count). The minimum absolute atomic E-state index is 0.291. The van der Waals surface area contributed by atoms with E-state index in [4.69, 9.17) is 11.3 Å². The molecule has 1 amide bonds. The van der Waals surface area contributed by atoms with Gasteiger partial charge in [-0.15, -0.1) is 0 Å². The van der Waals surface area contributed by atoms with Gasteiger partial charge in [0.05, 0.1) is 5.54 Å². The lowest BCUT2D eigenvalue weighted by atomic mass is 9.75. The number of rotatable bonds is 6. The summed E-state index contributed by atoms with van der Waals surface area (Å²) in [5.41, 5.74) is 13.0. The van der Waals surface area contributed by atoms with Crippen LogP contribution in [0.3, 0.4) is 0 Å². The van der Waals surface area contributed by atoms with Crippen LogP contribution in [0.1, 0.15) is 39.0 Å². The Kier molecular flexibility index (Phi) is 5.25. The lowest BCUT2D eigenvalue weighted by Gasteiger charge is -2.38. The summed E-state index contributed by atoms with van der Waals surface area (Å²) in [5, 5.41) is 6.61. The van der Waals surface area contributed by atoms with Crippen LogP contribution in [0.2, 0.25) is 0 Å². The smallest absolute Gasteiger partial charge is 0.237 e. The van der Waals surface area contributed by atoms with E-state index in [9.17, 15) is 4.79 Å². The van der Waals surface area contributed by atoms with Crippen LogP contribution in [0.4, 0.5) is 0 Å². The van der Waals surface area contributed by atoms with Gasteiger partial charge in [-0.05, 0) is 31.2 Å². The zero-order valence-corrected chi connectivity index (χ0v) is 10.4. The Labute approximate surface area is 102 Å². The van der Waals surface area contributed by atoms with Gasteiger partial charge in [0, 0.05) is 18.0 Å². The fourth-order valence-electron chi connectivity index (χ4n) is 2.52. The van der Waals surface area contributed by atoms with E-state index < -0.39 is 5.54 Å². The highest BCUT2D eigenvalue weighted by Crippen LogP contribution is 2.32. The van der Waals surface area contributed by atoms with Gasteiger partial charge in [0.15, 0.2) is 0 Å². The predicted molar refractivity (Wildman–Crippen MR) is 66.2 cm³/mol. The topological polar surface area (TPSA) is 104 Å². The summed E-state index contributed by atoms with van der Waals surface area (Å²) in [6.07, 6.45) is 5.63. The van der Waals surface area contributed by atoms with Crippen molar-refractivity contribution in [3.05, 3.63) is 10.4 Å². The first kappa shape index (κ1) is 13.8. The number of nitrogens with one attached hydrogen (secondary N) is 1. The highest BCUT2D eigenvalue weighted by molar-refractivity contribution is 5.84. The lowest BCUT2D eigenvalue weighted by Crippen LogP contribution is -2.59. The third-order valence-corrected chi connectivity index (χ3v) is 3.70. The SMILES string of the molecule is CC(NCCN=[N+]=[N-])(C(N)=O)C1CCCCC1. The lowest BCUT2D eigenvalue weighted by molar-refractivity contribution is -0.126. The van der Waals surface area contributed by atoms with Crippen LogP contribution in [-0.4, -0.2) is 24.5 Å². The van der Waals surface area contributed by atoms with Gasteiger partial charge in [-0.3, -0.25) is 4.79 Å². The molecule has 1 unspecified atom stereocenters. The molecule has 0 aromatic carbocycles. The summed E-state index contributed by atoms with van der Waals surface area (Å²) in [6, 6.07) is 0. The minimum atomic E-state index is -0.675. The number of carbonyl (C=O) groups is 1. The van der Waals surface area contributed by atoms with E-state index in [1.807, 2.05) is 6.92 Å². The molecule has 0 spiro atoms. The molecule has 1 aliphatic carbocycles. The second-order valence-corrected chi connectivity index (χ2v) is 4.78. The Hall–Kier alpha value is -1.26. The number of hydrogen-bond acceptors (Lipinski definition) is 3. The molecule has 17 heavy (non-hydrogen) atoms. The molecule has 0 radical (unpaired) electrons. The molecule has 3 N–H and O–H groups in total. The Morgan fingerprint density at radius 3 is 2.71 bits per heavy atom. The minimum Gasteiger partial charge on any atom is -0.368 e. The normalized spacial score (nSPS) is 20.3. The first-order chi connectivity index (χ1) is 8.11. The van der Waals surface area contributed by atoms with Crippen molar-refractivity contribution in [2.45, 2.75) is 44.6 Å². The quantitative estimate of drug-likeness (QED) is 0.319. The van der Waals surface area contributed by atoms with Gasteiger partial charge >= 0.3 is 0 Å². The largest absolute Gasteiger partial charge is 0.368 e. The zero-order chi connectivity index (χ0) is 12.7. The number of amides is 1. The summed E-state index contributed by atoms with van der Waals surface area (Å²) < 4.78 is 0. The average molecular weight is 239 g/mol. The Balaban J connectivity index is 2.59. The van der Waals surface area contributed by atoms with E-state index in [1.54, 1.807) is 0 Å². The number of carbonyl (C=O) groups excluding carboxylic acids is 1. The number of hydrogen-bond donors (Lipinski definition) is 2. The zero-order valence-electron chi connectivity index (χ0n) is 10.4. The summed E-state index contributed by atoms with van der Waals surface area (Å²) in [6.45, 7) is 2.69. The van der Waals surface area contributed by atoms with Crippen molar-refractivity contribution in [3.8, 4) is 0 Å².